The Labute approximate surface area is 254 Å². The highest BCUT2D eigenvalue weighted by Crippen LogP contribution is 2.44. The Balaban J connectivity index is 1.39. The van der Waals surface area contributed by atoms with Crippen LogP contribution in [-0.4, -0.2) is 9.13 Å². The third-order valence-electron chi connectivity index (χ3n) is 8.93. The average molecular weight is 571 g/mol. The smallest absolute Gasteiger partial charge is 0.0555 e. The van der Waals surface area contributed by atoms with E-state index < -0.39 is 0 Å². The lowest BCUT2D eigenvalue weighted by Gasteiger charge is -2.11. The summed E-state index contributed by atoms with van der Waals surface area (Å²) < 4.78 is 7.59. The molecule has 0 bridgehead atoms. The Morgan fingerprint density at radius 3 is 1.81 bits per heavy atom. The first-order valence-electron chi connectivity index (χ1n) is 15.1. The predicted molar refractivity (Wildman–Crippen MR) is 187 cm³/mol. The molecule has 3 aromatic heterocycles. The normalized spacial score (nSPS) is 12.3. The Hall–Kier alpha value is -4.86. The summed E-state index contributed by atoms with van der Waals surface area (Å²) in [5, 5.41) is 7.87. The summed E-state index contributed by atoms with van der Waals surface area (Å²) >= 11 is 1.91. The van der Waals surface area contributed by atoms with Crippen molar-refractivity contribution >= 4 is 75.1 Å². The monoisotopic (exact) mass is 570 g/mol. The molecule has 0 fully saturated rings. The van der Waals surface area contributed by atoms with Gasteiger partial charge in [0.15, 0.2) is 0 Å². The van der Waals surface area contributed by atoms with Gasteiger partial charge in [0.05, 0.1) is 22.1 Å². The van der Waals surface area contributed by atoms with Gasteiger partial charge in [-0.25, -0.2) is 0 Å². The molecule has 0 unspecified atom stereocenters. The Bertz CT molecular complexity index is 2450. The van der Waals surface area contributed by atoms with Gasteiger partial charge in [0.2, 0.25) is 0 Å². The fourth-order valence-electron chi connectivity index (χ4n) is 7.14. The van der Waals surface area contributed by atoms with Crippen LogP contribution < -0.4 is 0 Å². The molecule has 0 saturated carbocycles. The van der Waals surface area contributed by atoms with Crippen molar-refractivity contribution in [2.24, 2.45) is 5.92 Å². The van der Waals surface area contributed by atoms with E-state index in [4.69, 9.17) is 0 Å². The topological polar surface area (TPSA) is 9.86 Å². The zero-order valence-electron chi connectivity index (χ0n) is 24.2. The number of hydrogen-bond acceptors (Lipinski definition) is 1. The van der Waals surface area contributed by atoms with Crippen LogP contribution >= 0.6 is 11.3 Å². The second-order valence-corrected chi connectivity index (χ2v) is 13.2. The van der Waals surface area contributed by atoms with Crippen LogP contribution in [-0.2, 0) is 6.42 Å². The minimum absolute atomic E-state index is 0.639. The van der Waals surface area contributed by atoms with E-state index >= 15 is 0 Å². The minimum Gasteiger partial charge on any atom is -0.309 e. The van der Waals surface area contributed by atoms with Crippen molar-refractivity contribution in [1.29, 1.82) is 0 Å². The SMILES string of the molecule is CC(C)Cc1ccc(-n2c3ccc(-n4c5ccccc5c5ccccc54)cc3c3c4sc5ccccc5c4ccc32)cc1. The van der Waals surface area contributed by atoms with Crippen LogP contribution in [0, 0.1) is 5.92 Å². The van der Waals surface area contributed by atoms with Crippen LogP contribution in [0.2, 0.25) is 0 Å². The van der Waals surface area contributed by atoms with Gasteiger partial charge < -0.3 is 9.13 Å². The van der Waals surface area contributed by atoms with Crippen LogP contribution in [0.1, 0.15) is 19.4 Å². The molecule has 9 rings (SSSR count). The van der Waals surface area contributed by atoms with Gasteiger partial charge in [-0.05, 0) is 72.5 Å². The van der Waals surface area contributed by atoms with Gasteiger partial charge in [-0.15, -0.1) is 11.3 Å². The van der Waals surface area contributed by atoms with Crippen LogP contribution in [0.15, 0.2) is 127 Å². The quantitative estimate of drug-likeness (QED) is 0.199. The fraction of sp³-hybridized carbons (Fsp3) is 0.100. The van der Waals surface area contributed by atoms with Gasteiger partial charge >= 0.3 is 0 Å². The summed E-state index contributed by atoms with van der Waals surface area (Å²) in [5.74, 6) is 0.639. The summed E-state index contributed by atoms with van der Waals surface area (Å²) in [4.78, 5) is 0. The maximum absolute atomic E-state index is 2.46. The molecule has 0 radical (unpaired) electrons. The molecule has 0 spiro atoms. The van der Waals surface area contributed by atoms with Crippen molar-refractivity contribution in [3.63, 3.8) is 0 Å². The molecule has 0 saturated heterocycles. The minimum atomic E-state index is 0.639. The lowest BCUT2D eigenvalue weighted by molar-refractivity contribution is 0.647. The molecular weight excluding hydrogens is 541 g/mol. The Kier molecular flexibility index (Phi) is 5.36. The molecule has 0 aliphatic rings. The number of nitrogens with zero attached hydrogens (tertiary/aromatic N) is 2. The lowest BCUT2D eigenvalue weighted by Crippen LogP contribution is -1.97. The van der Waals surface area contributed by atoms with Gasteiger partial charge in [0, 0.05) is 53.1 Å². The Morgan fingerprint density at radius 2 is 1.09 bits per heavy atom. The first kappa shape index (κ1) is 24.7. The van der Waals surface area contributed by atoms with E-state index in [1.54, 1.807) is 0 Å². The number of aromatic nitrogens is 2. The van der Waals surface area contributed by atoms with Crippen molar-refractivity contribution in [1.82, 2.24) is 9.13 Å². The summed E-state index contributed by atoms with van der Waals surface area (Å²) in [5.41, 5.74) is 8.75. The van der Waals surface area contributed by atoms with Gasteiger partial charge in [-0.3, -0.25) is 0 Å². The molecule has 9 aromatic rings. The molecule has 0 N–H and O–H groups in total. The van der Waals surface area contributed by atoms with Crippen LogP contribution in [0.25, 0.3) is 75.2 Å². The van der Waals surface area contributed by atoms with Gasteiger partial charge in [0.25, 0.3) is 0 Å². The van der Waals surface area contributed by atoms with E-state index in [0.717, 1.165) is 6.42 Å². The van der Waals surface area contributed by atoms with Crippen molar-refractivity contribution in [2.45, 2.75) is 20.3 Å². The molecule has 0 amide bonds. The Morgan fingerprint density at radius 1 is 0.512 bits per heavy atom. The highest BCUT2D eigenvalue weighted by atomic mass is 32.1. The first-order chi connectivity index (χ1) is 21.2. The summed E-state index contributed by atoms with van der Waals surface area (Å²) in [6.07, 6.45) is 1.10. The van der Waals surface area contributed by atoms with Crippen LogP contribution in [0.5, 0.6) is 0 Å². The van der Waals surface area contributed by atoms with Gasteiger partial charge in [0.1, 0.15) is 0 Å². The average Bonchev–Trinajstić information content (AvgIpc) is 3.68. The molecule has 3 heteroatoms. The molecule has 206 valence electrons. The molecule has 3 heterocycles. The van der Waals surface area contributed by atoms with Gasteiger partial charge in [-0.1, -0.05) is 86.6 Å². The second-order valence-electron chi connectivity index (χ2n) is 12.1. The molecule has 2 nitrogen and oxygen atoms in total. The third-order valence-corrected chi connectivity index (χ3v) is 10.1. The predicted octanol–water partition coefficient (Wildman–Crippen LogP) is 11.4. The summed E-state index contributed by atoms with van der Waals surface area (Å²) in [7, 11) is 0. The second kappa shape index (κ2) is 9.32. The van der Waals surface area contributed by atoms with Crippen molar-refractivity contribution in [2.75, 3.05) is 0 Å². The molecule has 0 aliphatic heterocycles. The highest BCUT2D eigenvalue weighted by molar-refractivity contribution is 7.26. The first-order valence-corrected chi connectivity index (χ1v) is 15.9. The molecule has 0 atom stereocenters. The lowest BCUT2D eigenvalue weighted by atomic mass is 10.0. The van der Waals surface area contributed by atoms with Crippen LogP contribution in [0.4, 0.5) is 0 Å². The van der Waals surface area contributed by atoms with Crippen molar-refractivity contribution in [3.05, 3.63) is 133 Å². The summed E-state index contributed by atoms with van der Waals surface area (Å²) in [6, 6.07) is 47.3. The van der Waals surface area contributed by atoms with Gasteiger partial charge in [-0.2, -0.15) is 0 Å². The zero-order valence-corrected chi connectivity index (χ0v) is 25.0. The number of thiophene rings is 1. The zero-order chi connectivity index (χ0) is 28.7. The standard InChI is InChI=1S/C40H30N2S/c1-25(2)23-26-15-17-27(18-16-26)41-36-21-19-28(42-34-12-6-3-9-29(34)30-10-4-7-13-35(30)42)24-33(36)39-37(41)22-20-32-31-11-5-8-14-38(31)43-40(32)39/h3-22,24-25H,23H2,1-2H3. The fourth-order valence-corrected chi connectivity index (χ4v) is 8.40. The summed E-state index contributed by atoms with van der Waals surface area (Å²) in [6.45, 7) is 4.57. The van der Waals surface area contributed by atoms with E-state index in [0.29, 0.717) is 5.92 Å². The highest BCUT2D eigenvalue weighted by Gasteiger charge is 2.19. The van der Waals surface area contributed by atoms with E-state index in [1.807, 2.05) is 11.3 Å². The number of hydrogen-bond donors (Lipinski definition) is 0. The van der Waals surface area contributed by atoms with E-state index in [-0.39, 0.29) is 0 Å². The largest absolute Gasteiger partial charge is 0.309 e. The molecule has 6 aromatic carbocycles. The number of rotatable bonds is 4. The maximum atomic E-state index is 2.46. The molecule has 43 heavy (non-hydrogen) atoms. The number of fused-ring (bicyclic) bond motifs is 10. The third kappa shape index (κ3) is 3.65. The maximum Gasteiger partial charge on any atom is 0.0555 e. The van der Waals surface area contributed by atoms with E-state index in [1.165, 1.54) is 80.7 Å². The van der Waals surface area contributed by atoms with Crippen molar-refractivity contribution < 1.29 is 0 Å². The van der Waals surface area contributed by atoms with E-state index in [9.17, 15) is 0 Å². The van der Waals surface area contributed by atoms with Crippen molar-refractivity contribution in [3.8, 4) is 11.4 Å². The molecule has 0 aliphatic carbocycles. The number of benzene rings is 6. The van der Waals surface area contributed by atoms with Crippen LogP contribution in [0.3, 0.4) is 0 Å². The van der Waals surface area contributed by atoms with E-state index in [2.05, 4.69) is 150 Å². The molecular formula is C40H30N2S. The number of para-hydroxylation sites is 2.